The molecule has 1 aromatic carbocycles. The fourth-order valence-electron chi connectivity index (χ4n) is 2.35. The normalized spacial score (nSPS) is 19.6. The van der Waals surface area contributed by atoms with Crippen molar-refractivity contribution in [1.82, 2.24) is 4.90 Å². The zero-order valence-electron chi connectivity index (χ0n) is 12.1. The summed E-state index contributed by atoms with van der Waals surface area (Å²) in [6.07, 6.45) is 3.53. The van der Waals surface area contributed by atoms with Crippen LogP contribution in [0.15, 0.2) is 24.3 Å². The number of hydrogen-bond donors (Lipinski definition) is 1. The first-order valence-electron chi connectivity index (χ1n) is 7.06. The molecule has 21 heavy (non-hydrogen) atoms. The molecule has 2 atom stereocenters. The van der Waals surface area contributed by atoms with Gasteiger partial charge in [-0.2, -0.15) is 11.8 Å². The Morgan fingerprint density at radius 3 is 3.05 bits per heavy atom. The van der Waals surface area contributed by atoms with E-state index in [9.17, 15) is 4.79 Å². The number of carbonyl (C=O) groups excluding carboxylic acids is 1. The molecule has 1 heterocycles. The van der Waals surface area contributed by atoms with E-state index in [1.165, 1.54) is 0 Å². The summed E-state index contributed by atoms with van der Waals surface area (Å²) < 4.78 is 5.88. The molecular weight excluding hydrogens is 308 g/mol. The highest BCUT2D eigenvalue weighted by molar-refractivity contribution is 7.98. The van der Waals surface area contributed by atoms with Crippen LogP contribution in [0.3, 0.4) is 0 Å². The number of likely N-dealkylation sites (tertiary alicyclic amines) is 1. The maximum atomic E-state index is 12.2. The lowest BCUT2D eigenvalue weighted by Gasteiger charge is -2.21. The van der Waals surface area contributed by atoms with Gasteiger partial charge >= 0.3 is 0 Å². The third-order valence-electron chi connectivity index (χ3n) is 3.54. The fraction of sp³-hybridized carbons (Fsp3) is 0.533. The number of carbonyl (C=O) groups is 1. The molecule has 0 aromatic heterocycles. The minimum absolute atomic E-state index is 0.0124. The number of nitrogens with zero attached hydrogens (tertiary/aromatic N) is 1. The lowest BCUT2D eigenvalue weighted by atomic mass is 10.2. The first kappa shape index (κ1) is 16.5. The number of thioether (sulfide) groups is 1. The van der Waals surface area contributed by atoms with E-state index in [1.54, 1.807) is 22.7 Å². The molecule has 2 unspecified atom stereocenters. The van der Waals surface area contributed by atoms with Crippen LogP contribution < -0.4 is 10.5 Å². The molecule has 1 aromatic rings. The number of para-hydroxylation sites is 1. The van der Waals surface area contributed by atoms with Crippen LogP contribution in [0.4, 0.5) is 0 Å². The van der Waals surface area contributed by atoms with Gasteiger partial charge in [0.15, 0.2) is 0 Å². The standard InChI is InChI=1S/C15H21ClN2O2S/c1-21-9-7-13(17)15(19)18-8-6-11(10-18)20-14-5-3-2-4-12(14)16/h2-5,11,13H,6-10,17H2,1H3. The zero-order chi connectivity index (χ0) is 15.2. The molecule has 2 N–H and O–H groups in total. The van der Waals surface area contributed by atoms with Crippen molar-refractivity contribution >= 4 is 29.3 Å². The number of amides is 1. The minimum Gasteiger partial charge on any atom is -0.487 e. The van der Waals surface area contributed by atoms with Crippen molar-refractivity contribution in [2.75, 3.05) is 25.1 Å². The number of benzene rings is 1. The summed E-state index contributed by atoms with van der Waals surface area (Å²) >= 11 is 7.79. The summed E-state index contributed by atoms with van der Waals surface area (Å²) in [6, 6.07) is 6.99. The van der Waals surface area contributed by atoms with E-state index in [0.29, 0.717) is 30.3 Å². The van der Waals surface area contributed by atoms with Crippen molar-refractivity contribution in [3.8, 4) is 5.75 Å². The van der Waals surface area contributed by atoms with Crippen molar-refractivity contribution in [3.05, 3.63) is 29.3 Å². The summed E-state index contributed by atoms with van der Waals surface area (Å²) in [5.41, 5.74) is 5.94. The highest BCUT2D eigenvalue weighted by Crippen LogP contribution is 2.26. The van der Waals surface area contributed by atoms with Gasteiger partial charge in [-0.15, -0.1) is 0 Å². The highest BCUT2D eigenvalue weighted by atomic mass is 35.5. The van der Waals surface area contributed by atoms with Crippen molar-refractivity contribution in [2.45, 2.75) is 25.0 Å². The Labute approximate surface area is 135 Å². The van der Waals surface area contributed by atoms with Crippen LogP contribution in [0, 0.1) is 0 Å². The molecule has 1 aliphatic heterocycles. The van der Waals surface area contributed by atoms with Crippen molar-refractivity contribution in [2.24, 2.45) is 5.73 Å². The lowest BCUT2D eigenvalue weighted by Crippen LogP contribution is -2.43. The zero-order valence-corrected chi connectivity index (χ0v) is 13.7. The summed E-state index contributed by atoms with van der Waals surface area (Å²) in [5, 5.41) is 0.596. The number of ether oxygens (including phenoxy) is 1. The Morgan fingerprint density at radius 2 is 2.33 bits per heavy atom. The second-order valence-corrected chi connectivity index (χ2v) is 6.52. The Hall–Kier alpha value is -0.910. The number of rotatable bonds is 6. The Balaban J connectivity index is 1.86. The van der Waals surface area contributed by atoms with Crippen molar-refractivity contribution in [1.29, 1.82) is 0 Å². The van der Waals surface area contributed by atoms with Crippen LogP contribution in [0.5, 0.6) is 5.75 Å². The van der Waals surface area contributed by atoms with E-state index < -0.39 is 6.04 Å². The second-order valence-electron chi connectivity index (χ2n) is 5.13. The number of halogens is 1. The maximum absolute atomic E-state index is 12.2. The van der Waals surface area contributed by atoms with Gasteiger partial charge in [0.2, 0.25) is 5.91 Å². The van der Waals surface area contributed by atoms with Gasteiger partial charge in [-0.1, -0.05) is 23.7 Å². The molecule has 4 nitrogen and oxygen atoms in total. The third-order valence-corrected chi connectivity index (χ3v) is 4.49. The van der Waals surface area contributed by atoms with Crippen molar-refractivity contribution < 1.29 is 9.53 Å². The van der Waals surface area contributed by atoms with Gasteiger partial charge in [0.05, 0.1) is 17.6 Å². The average Bonchev–Trinajstić information content (AvgIpc) is 2.95. The molecule has 1 aliphatic rings. The first-order chi connectivity index (χ1) is 10.1. The summed E-state index contributed by atoms with van der Waals surface area (Å²) in [7, 11) is 0. The highest BCUT2D eigenvalue weighted by Gasteiger charge is 2.30. The van der Waals surface area contributed by atoms with E-state index in [0.717, 1.165) is 12.2 Å². The van der Waals surface area contributed by atoms with E-state index >= 15 is 0 Å². The average molecular weight is 329 g/mol. The summed E-state index contributed by atoms with van der Waals surface area (Å²) in [6.45, 7) is 1.28. The topological polar surface area (TPSA) is 55.6 Å². The molecule has 0 aliphatic carbocycles. The van der Waals surface area contributed by atoms with Gasteiger partial charge in [0.1, 0.15) is 11.9 Å². The monoisotopic (exact) mass is 328 g/mol. The molecule has 1 amide bonds. The molecule has 0 saturated carbocycles. The quantitative estimate of drug-likeness (QED) is 0.871. The Kier molecular flexibility index (Phi) is 6.21. The molecular formula is C15H21ClN2O2S. The van der Waals surface area contributed by atoms with E-state index in [4.69, 9.17) is 22.1 Å². The maximum Gasteiger partial charge on any atom is 0.239 e. The molecule has 0 radical (unpaired) electrons. The molecule has 116 valence electrons. The van der Waals surface area contributed by atoms with E-state index in [1.807, 2.05) is 24.5 Å². The van der Waals surface area contributed by atoms with Gasteiger partial charge in [-0.05, 0) is 30.6 Å². The van der Waals surface area contributed by atoms with Crippen molar-refractivity contribution in [3.63, 3.8) is 0 Å². The number of hydrogen-bond acceptors (Lipinski definition) is 4. The first-order valence-corrected chi connectivity index (χ1v) is 8.83. The van der Waals surface area contributed by atoms with Crippen LogP contribution in [0.1, 0.15) is 12.8 Å². The SMILES string of the molecule is CSCCC(N)C(=O)N1CCC(Oc2ccccc2Cl)C1. The Morgan fingerprint density at radius 1 is 1.57 bits per heavy atom. The van der Waals surface area contributed by atoms with Crippen LogP contribution in [-0.2, 0) is 4.79 Å². The third kappa shape index (κ3) is 4.53. The smallest absolute Gasteiger partial charge is 0.239 e. The van der Waals surface area contributed by atoms with Crippen LogP contribution in [-0.4, -0.2) is 48.1 Å². The Bertz CT molecular complexity index is 486. The van der Waals surface area contributed by atoms with Crippen LogP contribution >= 0.6 is 23.4 Å². The molecule has 2 rings (SSSR count). The van der Waals surface area contributed by atoms with E-state index in [2.05, 4.69) is 0 Å². The van der Waals surface area contributed by atoms with Gasteiger partial charge in [-0.3, -0.25) is 4.79 Å². The summed E-state index contributed by atoms with van der Waals surface area (Å²) in [5.74, 6) is 1.60. The number of nitrogens with two attached hydrogens (primary N) is 1. The predicted molar refractivity (Wildman–Crippen MR) is 88.0 cm³/mol. The fourth-order valence-corrected chi connectivity index (χ4v) is 3.02. The van der Waals surface area contributed by atoms with Crippen LogP contribution in [0.25, 0.3) is 0 Å². The second kappa shape index (κ2) is 7.92. The van der Waals surface area contributed by atoms with Gasteiger partial charge in [0.25, 0.3) is 0 Å². The minimum atomic E-state index is -0.406. The van der Waals surface area contributed by atoms with E-state index in [-0.39, 0.29) is 12.0 Å². The predicted octanol–water partition coefficient (Wildman–Crippen LogP) is 2.40. The van der Waals surface area contributed by atoms with Crippen LogP contribution in [0.2, 0.25) is 5.02 Å². The largest absolute Gasteiger partial charge is 0.487 e. The molecule has 1 saturated heterocycles. The van der Waals surface area contributed by atoms with Gasteiger partial charge < -0.3 is 15.4 Å². The van der Waals surface area contributed by atoms with Gasteiger partial charge in [-0.25, -0.2) is 0 Å². The molecule has 0 spiro atoms. The van der Waals surface area contributed by atoms with Gasteiger partial charge in [0, 0.05) is 13.0 Å². The molecule has 0 bridgehead atoms. The molecule has 6 heteroatoms. The summed E-state index contributed by atoms with van der Waals surface area (Å²) in [4.78, 5) is 14.0. The lowest BCUT2D eigenvalue weighted by molar-refractivity contribution is -0.131. The molecule has 1 fully saturated rings.